The summed E-state index contributed by atoms with van der Waals surface area (Å²) in [6.45, 7) is 0.864. The monoisotopic (exact) mass is 406 g/mol. The Morgan fingerprint density at radius 2 is 1.66 bits per heavy atom. The Morgan fingerprint density at radius 3 is 2.24 bits per heavy atom. The highest BCUT2D eigenvalue weighted by Crippen LogP contribution is 2.30. The van der Waals surface area contributed by atoms with Crippen LogP contribution in [0.3, 0.4) is 0 Å². The van der Waals surface area contributed by atoms with E-state index < -0.39 is 30.4 Å². The normalized spacial score (nSPS) is 13.5. The van der Waals surface area contributed by atoms with Crippen LogP contribution < -0.4 is 9.64 Å². The lowest BCUT2D eigenvalue weighted by Gasteiger charge is -2.19. The standard InChI is InChI=1S/C20H17F3N2O4/c1-3-29-14-7-5-13(6-8-14)25-18(27)15-9-4-12(10-16(15)19(25)28)17(26)24(2)11-20(21,22)23/h4-10H,3,11H2,1-2H3. The summed E-state index contributed by atoms with van der Waals surface area (Å²) in [7, 11) is 1.02. The van der Waals surface area contributed by atoms with E-state index in [0.29, 0.717) is 22.9 Å². The average Bonchev–Trinajstić information content (AvgIpc) is 2.91. The SMILES string of the molecule is CCOc1ccc(N2C(=O)c3ccc(C(=O)N(C)CC(F)(F)F)cc3C2=O)cc1. The Morgan fingerprint density at radius 1 is 1.03 bits per heavy atom. The minimum atomic E-state index is -4.54. The zero-order valence-electron chi connectivity index (χ0n) is 15.6. The maximum atomic E-state index is 12.8. The molecule has 0 fully saturated rings. The van der Waals surface area contributed by atoms with Crippen LogP contribution >= 0.6 is 0 Å². The molecule has 0 saturated heterocycles. The molecule has 3 amide bonds. The van der Waals surface area contributed by atoms with Crippen molar-refractivity contribution in [3.05, 3.63) is 59.2 Å². The minimum absolute atomic E-state index is 0.0323. The zero-order chi connectivity index (χ0) is 21.3. The highest BCUT2D eigenvalue weighted by molar-refractivity contribution is 6.34. The van der Waals surface area contributed by atoms with Crippen LogP contribution in [0.25, 0.3) is 0 Å². The van der Waals surface area contributed by atoms with Crippen LogP contribution in [0, 0.1) is 0 Å². The summed E-state index contributed by atoms with van der Waals surface area (Å²) in [4.78, 5) is 39.1. The molecule has 0 atom stereocenters. The fourth-order valence-corrected chi connectivity index (χ4v) is 3.03. The van der Waals surface area contributed by atoms with Gasteiger partial charge in [0.25, 0.3) is 17.7 Å². The molecule has 3 rings (SSSR count). The molecule has 0 bridgehead atoms. The molecule has 0 saturated carbocycles. The van der Waals surface area contributed by atoms with Crippen LogP contribution in [-0.2, 0) is 0 Å². The lowest BCUT2D eigenvalue weighted by molar-refractivity contribution is -0.138. The molecule has 1 aliphatic rings. The predicted octanol–water partition coefficient (Wildman–Crippen LogP) is 3.52. The van der Waals surface area contributed by atoms with Crippen molar-refractivity contribution in [2.45, 2.75) is 13.1 Å². The van der Waals surface area contributed by atoms with Gasteiger partial charge in [-0.05, 0) is 49.4 Å². The van der Waals surface area contributed by atoms with Gasteiger partial charge < -0.3 is 9.64 Å². The van der Waals surface area contributed by atoms with Crippen molar-refractivity contribution < 1.29 is 32.3 Å². The van der Waals surface area contributed by atoms with E-state index in [-0.39, 0.29) is 16.7 Å². The third-order valence-electron chi connectivity index (χ3n) is 4.30. The molecule has 1 aliphatic heterocycles. The number of fused-ring (bicyclic) bond motifs is 1. The number of alkyl halides is 3. The van der Waals surface area contributed by atoms with Crippen LogP contribution in [0.2, 0.25) is 0 Å². The lowest BCUT2D eigenvalue weighted by atomic mass is 10.0. The van der Waals surface area contributed by atoms with E-state index in [9.17, 15) is 27.6 Å². The van der Waals surface area contributed by atoms with E-state index in [1.807, 2.05) is 6.92 Å². The van der Waals surface area contributed by atoms with Crippen molar-refractivity contribution in [3.63, 3.8) is 0 Å². The molecule has 0 unspecified atom stereocenters. The number of ether oxygens (including phenoxy) is 1. The van der Waals surface area contributed by atoms with Gasteiger partial charge in [0.1, 0.15) is 12.3 Å². The number of rotatable bonds is 5. The first-order valence-electron chi connectivity index (χ1n) is 8.70. The molecular weight excluding hydrogens is 389 g/mol. The van der Waals surface area contributed by atoms with E-state index in [1.54, 1.807) is 24.3 Å². The van der Waals surface area contributed by atoms with Gasteiger partial charge in [-0.1, -0.05) is 0 Å². The Bertz CT molecular complexity index is 971. The number of anilines is 1. The predicted molar refractivity (Wildman–Crippen MR) is 98.2 cm³/mol. The first kappa shape index (κ1) is 20.4. The zero-order valence-corrected chi connectivity index (χ0v) is 15.6. The van der Waals surface area contributed by atoms with Gasteiger partial charge in [-0.25, -0.2) is 4.90 Å². The second-order valence-electron chi connectivity index (χ2n) is 6.41. The first-order valence-corrected chi connectivity index (χ1v) is 8.70. The van der Waals surface area contributed by atoms with Crippen molar-refractivity contribution >= 4 is 23.4 Å². The van der Waals surface area contributed by atoms with Crippen LogP contribution in [-0.4, -0.2) is 49.0 Å². The van der Waals surface area contributed by atoms with Gasteiger partial charge in [0.15, 0.2) is 0 Å². The summed E-state index contributed by atoms with van der Waals surface area (Å²) < 4.78 is 42.9. The molecular formula is C20H17F3N2O4. The molecule has 29 heavy (non-hydrogen) atoms. The lowest BCUT2D eigenvalue weighted by Crippen LogP contribution is -2.35. The molecule has 0 aliphatic carbocycles. The van der Waals surface area contributed by atoms with E-state index in [4.69, 9.17) is 4.74 Å². The van der Waals surface area contributed by atoms with Crippen LogP contribution in [0.15, 0.2) is 42.5 Å². The van der Waals surface area contributed by atoms with Gasteiger partial charge >= 0.3 is 6.18 Å². The number of hydrogen-bond acceptors (Lipinski definition) is 4. The van der Waals surface area contributed by atoms with E-state index in [2.05, 4.69) is 0 Å². The summed E-state index contributed by atoms with van der Waals surface area (Å²) in [5.74, 6) is -1.54. The summed E-state index contributed by atoms with van der Waals surface area (Å²) in [6, 6.07) is 10.00. The van der Waals surface area contributed by atoms with E-state index in [1.165, 1.54) is 12.1 Å². The number of imide groups is 1. The number of hydrogen-bond donors (Lipinski definition) is 0. The highest BCUT2D eigenvalue weighted by atomic mass is 19.4. The van der Waals surface area contributed by atoms with Crippen LogP contribution in [0.5, 0.6) is 5.75 Å². The third-order valence-corrected chi connectivity index (χ3v) is 4.30. The van der Waals surface area contributed by atoms with Gasteiger partial charge in [-0.2, -0.15) is 13.2 Å². The summed E-state index contributed by atoms with van der Waals surface area (Å²) in [6.07, 6.45) is -4.54. The second-order valence-corrected chi connectivity index (χ2v) is 6.41. The number of nitrogens with zero attached hydrogens (tertiary/aromatic N) is 2. The summed E-state index contributed by atoms with van der Waals surface area (Å²) >= 11 is 0. The van der Waals surface area contributed by atoms with E-state index in [0.717, 1.165) is 18.0 Å². The Hall–Kier alpha value is -3.36. The molecule has 6 nitrogen and oxygen atoms in total. The van der Waals surface area contributed by atoms with Crippen molar-refractivity contribution in [1.82, 2.24) is 4.90 Å². The number of amides is 3. The van der Waals surface area contributed by atoms with Crippen molar-refractivity contribution in [3.8, 4) is 5.75 Å². The van der Waals surface area contributed by atoms with Gasteiger partial charge in [0, 0.05) is 12.6 Å². The van der Waals surface area contributed by atoms with Gasteiger partial charge in [0.2, 0.25) is 0 Å². The molecule has 0 radical (unpaired) electrons. The molecule has 152 valence electrons. The van der Waals surface area contributed by atoms with Crippen LogP contribution in [0.1, 0.15) is 38.0 Å². The van der Waals surface area contributed by atoms with Crippen molar-refractivity contribution in [2.75, 3.05) is 25.1 Å². The highest BCUT2D eigenvalue weighted by Gasteiger charge is 2.38. The van der Waals surface area contributed by atoms with Gasteiger partial charge in [-0.3, -0.25) is 14.4 Å². The maximum absolute atomic E-state index is 12.8. The summed E-state index contributed by atoms with van der Waals surface area (Å²) in [5.41, 5.74) is 0.265. The van der Waals surface area contributed by atoms with Crippen LogP contribution in [0.4, 0.5) is 18.9 Å². The van der Waals surface area contributed by atoms with Crippen molar-refractivity contribution in [2.24, 2.45) is 0 Å². The topological polar surface area (TPSA) is 66.9 Å². The second kappa shape index (κ2) is 7.57. The summed E-state index contributed by atoms with van der Waals surface area (Å²) in [5, 5.41) is 0. The Kier molecular flexibility index (Phi) is 5.32. The fraction of sp³-hybridized carbons (Fsp3) is 0.250. The molecule has 0 spiro atoms. The molecule has 1 heterocycles. The Labute approximate surface area is 164 Å². The number of carbonyl (C=O) groups is 3. The van der Waals surface area contributed by atoms with E-state index >= 15 is 0 Å². The largest absolute Gasteiger partial charge is 0.494 e. The first-order chi connectivity index (χ1) is 13.6. The van der Waals surface area contributed by atoms with Crippen molar-refractivity contribution in [1.29, 1.82) is 0 Å². The molecule has 9 heteroatoms. The molecule has 0 aromatic heterocycles. The maximum Gasteiger partial charge on any atom is 0.406 e. The number of benzene rings is 2. The number of halogens is 3. The molecule has 0 N–H and O–H groups in total. The fourth-order valence-electron chi connectivity index (χ4n) is 3.03. The Balaban J connectivity index is 1.87. The molecule has 2 aromatic carbocycles. The molecule has 2 aromatic rings. The minimum Gasteiger partial charge on any atom is -0.494 e. The van der Waals surface area contributed by atoms with Gasteiger partial charge in [-0.15, -0.1) is 0 Å². The average molecular weight is 406 g/mol. The third kappa shape index (κ3) is 4.08. The quantitative estimate of drug-likeness (QED) is 0.713. The smallest absolute Gasteiger partial charge is 0.406 e. The number of carbonyl (C=O) groups excluding carboxylic acids is 3. The van der Waals surface area contributed by atoms with Gasteiger partial charge in [0.05, 0.1) is 23.4 Å².